The molecule has 0 saturated heterocycles. The number of nitrogens with two attached hydrogens (primary N) is 1. The molecule has 13 heteroatoms. The lowest BCUT2D eigenvalue weighted by Gasteiger charge is -2.23. The first-order valence-corrected chi connectivity index (χ1v) is 12.3. The van der Waals surface area contributed by atoms with Crippen LogP contribution in [-0.2, 0) is 16.0 Å². The normalized spacial score (nSPS) is 13.0. The van der Waals surface area contributed by atoms with Gasteiger partial charge in [0.1, 0.15) is 17.2 Å². The maximum Gasteiger partial charge on any atom is 0.422 e. The minimum Gasteiger partial charge on any atom is -0.495 e. The number of amides is 1. The van der Waals surface area contributed by atoms with E-state index in [4.69, 9.17) is 31.5 Å². The third-order valence-electron chi connectivity index (χ3n) is 6.01. The van der Waals surface area contributed by atoms with Crippen LogP contribution in [0.25, 0.3) is 11.1 Å². The molecule has 1 amide bonds. The summed E-state index contributed by atoms with van der Waals surface area (Å²) in [5, 5.41) is 0.193. The summed E-state index contributed by atoms with van der Waals surface area (Å²) in [6.45, 7) is 0.179. The molecule has 0 aliphatic carbocycles. The minimum atomic E-state index is -4.59. The molecule has 1 unspecified atom stereocenters. The molecule has 3 rings (SSSR count). The summed E-state index contributed by atoms with van der Waals surface area (Å²) in [6, 6.07) is 7.05. The molecule has 0 aliphatic rings. The topological polar surface area (TPSA) is 123 Å². The third kappa shape index (κ3) is 7.82. The van der Waals surface area contributed by atoms with E-state index in [1.165, 1.54) is 61.5 Å². The van der Waals surface area contributed by atoms with Gasteiger partial charge in [0.15, 0.2) is 12.4 Å². The number of Topliss-reactive ketones (excluding diaryl/α,β-unsaturated/α-hetero) is 1. The monoisotopic (exact) mass is 581 g/mol. The van der Waals surface area contributed by atoms with Crippen molar-refractivity contribution >= 4 is 23.3 Å². The van der Waals surface area contributed by atoms with Crippen LogP contribution in [0.3, 0.4) is 0 Å². The van der Waals surface area contributed by atoms with E-state index < -0.39 is 36.4 Å². The smallest absolute Gasteiger partial charge is 0.422 e. The molecule has 2 N–H and O–H groups in total. The molecule has 2 aromatic heterocycles. The predicted octanol–water partition coefficient (Wildman–Crippen LogP) is 4.39. The number of halogens is 4. The van der Waals surface area contributed by atoms with Gasteiger partial charge in [-0.2, -0.15) is 13.2 Å². The number of ether oxygens (including phenoxy) is 3. The highest BCUT2D eigenvalue weighted by Crippen LogP contribution is 2.38. The van der Waals surface area contributed by atoms with Gasteiger partial charge in [-0.05, 0) is 36.8 Å². The number of hydrogen-bond acceptors (Lipinski definition) is 7. The highest BCUT2D eigenvalue weighted by molar-refractivity contribution is 6.31. The Balaban J connectivity index is 2.05. The maximum absolute atomic E-state index is 13.4. The van der Waals surface area contributed by atoms with Gasteiger partial charge in [0.05, 0.1) is 25.5 Å². The van der Waals surface area contributed by atoms with E-state index >= 15 is 0 Å². The van der Waals surface area contributed by atoms with Crippen molar-refractivity contribution in [3.63, 3.8) is 0 Å². The molecular weight excluding hydrogens is 555 g/mol. The van der Waals surface area contributed by atoms with E-state index in [1.54, 1.807) is 6.92 Å². The number of rotatable bonds is 12. The molecule has 40 heavy (non-hydrogen) atoms. The quantitative estimate of drug-likeness (QED) is 0.336. The highest BCUT2D eigenvalue weighted by atomic mass is 35.5. The summed E-state index contributed by atoms with van der Waals surface area (Å²) in [4.78, 5) is 42.1. The number of methoxy groups -OCH3 is 2. The van der Waals surface area contributed by atoms with Gasteiger partial charge in [-0.3, -0.25) is 19.4 Å². The molecule has 2 atom stereocenters. The molecule has 0 bridgehead atoms. The number of benzene rings is 1. The number of carbonyl (C=O) groups is 2. The highest BCUT2D eigenvalue weighted by Gasteiger charge is 2.30. The van der Waals surface area contributed by atoms with Crippen LogP contribution in [0, 0.1) is 0 Å². The summed E-state index contributed by atoms with van der Waals surface area (Å²) < 4.78 is 55.5. The van der Waals surface area contributed by atoms with Crippen molar-refractivity contribution in [1.29, 1.82) is 0 Å². The van der Waals surface area contributed by atoms with E-state index in [-0.39, 0.29) is 52.0 Å². The number of primary amides is 1. The van der Waals surface area contributed by atoms with Gasteiger partial charge in [-0.15, -0.1) is 0 Å². The van der Waals surface area contributed by atoms with E-state index in [1.807, 2.05) is 0 Å². The molecule has 1 aromatic carbocycles. The Kier molecular flexibility index (Phi) is 9.93. The first-order valence-electron chi connectivity index (χ1n) is 11.9. The average Bonchev–Trinajstić information content (AvgIpc) is 2.90. The van der Waals surface area contributed by atoms with Gasteiger partial charge in [0.25, 0.3) is 11.5 Å². The molecular formula is C27H27ClF3N3O6. The van der Waals surface area contributed by atoms with E-state index in [0.717, 1.165) is 6.07 Å². The second-order valence-electron chi connectivity index (χ2n) is 8.90. The molecule has 3 aromatic rings. The Morgan fingerprint density at radius 3 is 2.38 bits per heavy atom. The van der Waals surface area contributed by atoms with Gasteiger partial charge in [0.2, 0.25) is 0 Å². The average molecular weight is 582 g/mol. The zero-order valence-electron chi connectivity index (χ0n) is 21.8. The summed E-state index contributed by atoms with van der Waals surface area (Å²) >= 11 is 6.10. The van der Waals surface area contributed by atoms with E-state index in [0.29, 0.717) is 5.56 Å². The molecule has 0 spiro atoms. The Labute approximate surface area is 232 Å². The van der Waals surface area contributed by atoms with Gasteiger partial charge >= 0.3 is 6.18 Å². The molecule has 0 radical (unpaired) electrons. The summed E-state index contributed by atoms with van der Waals surface area (Å²) in [7, 11) is 2.78. The van der Waals surface area contributed by atoms with Crippen molar-refractivity contribution in [2.45, 2.75) is 38.1 Å². The number of nitrogens with zero attached hydrogens (tertiary/aromatic N) is 2. The summed E-state index contributed by atoms with van der Waals surface area (Å²) in [6.07, 6.45) is -2.34. The Morgan fingerprint density at radius 2 is 1.80 bits per heavy atom. The Morgan fingerprint density at radius 1 is 1.10 bits per heavy atom. The lowest BCUT2D eigenvalue weighted by Crippen LogP contribution is -2.33. The fraction of sp³-hybridized carbons (Fsp3) is 0.333. The zero-order chi connectivity index (χ0) is 29.6. The van der Waals surface area contributed by atoms with Crippen LogP contribution >= 0.6 is 11.6 Å². The van der Waals surface area contributed by atoms with Crippen molar-refractivity contribution in [2.75, 3.05) is 20.8 Å². The lowest BCUT2D eigenvalue weighted by atomic mass is 9.98. The second-order valence-corrected chi connectivity index (χ2v) is 9.34. The molecule has 9 nitrogen and oxygen atoms in total. The van der Waals surface area contributed by atoms with Crippen molar-refractivity contribution in [2.24, 2.45) is 5.73 Å². The molecule has 2 heterocycles. The lowest BCUT2D eigenvalue weighted by molar-refractivity contribution is -0.153. The number of ketones is 1. The fourth-order valence-electron chi connectivity index (χ4n) is 3.95. The number of alkyl halides is 3. The number of hydrogen-bond donors (Lipinski definition) is 1. The van der Waals surface area contributed by atoms with E-state index in [2.05, 4.69) is 4.98 Å². The predicted molar refractivity (Wildman–Crippen MR) is 141 cm³/mol. The first kappa shape index (κ1) is 30.6. The minimum absolute atomic E-state index is 0.0388. The molecule has 0 aliphatic heterocycles. The van der Waals surface area contributed by atoms with Crippen molar-refractivity contribution < 1.29 is 37.0 Å². The summed E-state index contributed by atoms with van der Waals surface area (Å²) in [5.74, 6) is -1.14. The van der Waals surface area contributed by atoms with Crippen LogP contribution in [0.2, 0.25) is 5.02 Å². The van der Waals surface area contributed by atoms with Gasteiger partial charge in [0, 0.05) is 48.4 Å². The van der Waals surface area contributed by atoms with Crippen LogP contribution in [0.15, 0.2) is 53.6 Å². The third-order valence-corrected chi connectivity index (χ3v) is 6.24. The molecule has 0 saturated carbocycles. The fourth-order valence-corrected chi connectivity index (χ4v) is 4.12. The number of aromatic nitrogens is 2. The van der Waals surface area contributed by atoms with Gasteiger partial charge < -0.3 is 24.5 Å². The number of pyridine rings is 2. The van der Waals surface area contributed by atoms with Crippen LogP contribution in [0.4, 0.5) is 13.2 Å². The van der Waals surface area contributed by atoms with Gasteiger partial charge in [-0.1, -0.05) is 17.7 Å². The van der Waals surface area contributed by atoms with Crippen LogP contribution < -0.4 is 20.8 Å². The van der Waals surface area contributed by atoms with Crippen LogP contribution in [0.1, 0.15) is 35.4 Å². The van der Waals surface area contributed by atoms with E-state index in [9.17, 15) is 27.6 Å². The van der Waals surface area contributed by atoms with Crippen LogP contribution in [-0.4, -0.2) is 54.3 Å². The van der Waals surface area contributed by atoms with Gasteiger partial charge in [-0.25, -0.2) is 0 Å². The van der Waals surface area contributed by atoms with Crippen LogP contribution in [0.5, 0.6) is 11.5 Å². The number of carbonyl (C=O) groups excluding carboxylic acids is 2. The first-order chi connectivity index (χ1) is 18.8. The molecule has 214 valence electrons. The second kappa shape index (κ2) is 13.0. The maximum atomic E-state index is 13.4. The standard InChI is InChI=1S/C27H27ClF3N3O6/c1-15(38-2)8-21(22(35)9-16-4-6-20(26(32)37)33-12-16)34-13-24(39-3)19(11-25(34)36)18-10-17(28)5-7-23(18)40-14-27(29,30)31/h4-7,10-13,15,21H,8-9,14H2,1-3H3,(H2,32,37)/t15-,21?/m0/s1. The Hall–Kier alpha value is -3.90. The van der Waals surface area contributed by atoms with Crippen molar-refractivity contribution in [3.8, 4) is 22.6 Å². The summed E-state index contributed by atoms with van der Waals surface area (Å²) in [5.41, 5.74) is 5.35. The zero-order valence-corrected chi connectivity index (χ0v) is 22.6. The van der Waals surface area contributed by atoms with Crippen molar-refractivity contribution in [1.82, 2.24) is 9.55 Å². The van der Waals surface area contributed by atoms with Crippen molar-refractivity contribution in [3.05, 3.63) is 75.4 Å². The molecule has 0 fully saturated rings. The largest absolute Gasteiger partial charge is 0.495 e. The Bertz CT molecular complexity index is 1430. The SMILES string of the molecule is COc1cn(C(C[C@H](C)OC)C(=O)Cc2ccc(C(N)=O)nc2)c(=O)cc1-c1cc(Cl)ccc1OCC(F)(F)F.